The number of rotatable bonds is 6. The molecule has 1 N–H and O–H groups in total. The van der Waals surface area contributed by atoms with E-state index < -0.39 is 29.3 Å². The van der Waals surface area contributed by atoms with E-state index in [0.29, 0.717) is 0 Å². The lowest BCUT2D eigenvalue weighted by Crippen LogP contribution is -2.12. The lowest BCUT2D eigenvalue weighted by atomic mass is 9.90. The smallest absolute Gasteiger partial charge is 0.303 e. The zero-order chi connectivity index (χ0) is 14.9. The van der Waals surface area contributed by atoms with Crippen molar-refractivity contribution in [3.63, 3.8) is 0 Å². The van der Waals surface area contributed by atoms with Crippen LogP contribution < -0.4 is 9.47 Å². The minimum atomic E-state index is -1.01. The average molecular weight is 286 g/mol. The van der Waals surface area contributed by atoms with E-state index in [9.17, 15) is 13.6 Å². The summed E-state index contributed by atoms with van der Waals surface area (Å²) in [5, 5.41) is 8.96. The van der Waals surface area contributed by atoms with Gasteiger partial charge in [0.25, 0.3) is 0 Å². The Bertz CT molecular complexity index is 526. The molecule has 0 heterocycles. The van der Waals surface area contributed by atoms with Crippen molar-refractivity contribution in [2.24, 2.45) is 5.92 Å². The van der Waals surface area contributed by atoms with Gasteiger partial charge in [-0.25, -0.2) is 4.39 Å². The van der Waals surface area contributed by atoms with E-state index in [-0.39, 0.29) is 23.7 Å². The van der Waals surface area contributed by atoms with Crippen molar-refractivity contribution in [2.75, 3.05) is 14.2 Å². The minimum absolute atomic E-state index is 0.112. The molecule has 1 fully saturated rings. The van der Waals surface area contributed by atoms with E-state index in [1.54, 1.807) is 0 Å². The quantitative estimate of drug-likeness (QED) is 0.873. The summed E-state index contributed by atoms with van der Waals surface area (Å²) in [5.41, 5.74) is 0.144. The van der Waals surface area contributed by atoms with Crippen molar-refractivity contribution < 1.29 is 28.2 Å². The maximum atomic E-state index is 14.3. The maximum absolute atomic E-state index is 14.3. The third kappa shape index (κ3) is 2.69. The summed E-state index contributed by atoms with van der Waals surface area (Å²) < 4.78 is 37.8. The summed E-state index contributed by atoms with van der Waals surface area (Å²) in [6.45, 7) is 0. The molecular formula is C14H16F2O4. The van der Waals surface area contributed by atoms with E-state index in [2.05, 4.69) is 0 Å². The fourth-order valence-electron chi connectivity index (χ4n) is 2.42. The topological polar surface area (TPSA) is 55.8 Å². The molecule has 0 spiro atoms. The number of carboxylic acid groups (broad SMARTS) is 1. The van der Waals surface area contributed by atoms with Gasteiger partial charge in [0.2, 0.25) is 5.82 Å². The van der Waals surface area contributed by atoms with E-state index in [0.717, 1.165) is 20.0 Å². The van der Waals surface area contributed by atoms with Crippen LogP contribution in [-0.4, -0.2) is 25.3 Å². The minimum Gasteiger partial charge on any atom is -0.494 e. The maximum Gasteiger partial charge on any atom is 0.303 e. The number of hydrogen-bond acceptors (Lipinski definition) is 3. The molecule has 1 saturated carbocycles. The summed E-state index contributed by atoms with van der Waals surface area (Å²) in [6.07, 6.45) is 1.50. The Balaban J connectivity index is 2.50. The van der Waals surface area contributed by atoms with Crippen molar-refractivity contribution in [1.82, 2.24) is 0 Å². The number of aliphatic carboxylic acids is 1. The predicted octanol–water partition coefficient (Wildman–Crippen LogP) is 2.95. The molecule has 0 radical (unpaired) electrons. The first-order chi connectivity index (χ1) is 9.49. The Morgan fingerprint density at radius 2 is 2.00 bits per heavy atom. The van der Waals surface area contributed by atoms with Gasteiger partial charge < -0.3 is 14.6 Å². The number of halogens is 2. The summed E-state index contributed by atoms with van der Waals surface area (Å²) in [5.74, 6) is -3.82. The second kappa shape index (κ2) is 5.64. The zero-order valence-corrected chi connectivity index (χ0v) is 11.3. The molecule has 2 rings (SSSR count). The summed E-state index contributed by atoms with van der Waals surface area (Å²) in [6, 6.07) is 1.24. The van der Waals surface area contributed by atoms with Crippen molar-refractivity contribution >= 4 is 5.97 Å². The first kappa shape index (κ1) is 14.6. The lowest BCUT2D eigenvalue weighted by Gasteiger charge is -2.18. The predicted molar refractivity (Wildman–Crippen MR) is 67.2 cm³/mol. The van der Waals surface area contributed by atoms with Gasteiger partial charge in [0, 0.05) is 5.92 Å². The van der Waals surface area contributed by atoms with Gasteiger partial charge in [-0.2, -0.15) is 4.39 Å². The Morgan fingerprint density at radius 3 is 2.45 bits per heavy atom. The number of benzene rings is 1. The second-order valence-electron chi connectivity index (χ2n) is 4.87. The van der Waals surface area contributed by atoms with Gasteiger partial charge in [-0.3, -0.25) is 4.79 Å². The van der Waals surface area contributed by atoms with Gasteiger partial charge in [0.05, 0.1) is 20.6 Å². The standard InChI is InChI=1S/C14H16F2O4/c1-19-10-5-9(12(15)14(20-2)13(10)16)8(6-11(17)18)7-3-4-7/h5,7-8H,3-4,6H2,1-2H3,(H,17,18). The van der Waals surface area contributed by atoms with Gasteiger partial charge in [0.1, 0.15) is 0 Å². The number of ether oxygens (including phenoxy) is 2. The van der Waals surface area contributed by atoms with Gasteiger partial charge >= 0.3 is 5.97 Å². The van der Waals surface area contributed by atoms with Crippen LogP contribution in [0.4, 0.5) is 8.78 Å². The van der Waals surface area contributed by atoms with E-state index in [1.165, 1.54) is 13.2 Å². The normalized spacial score (nSPS) is 15.8. The molecule has 1 aliphatic carbocycles. The molecular weight excluding hydrogens is 270 g/mol. The van der Waals surface area contributed by atoms with Crippen LogP contribution in [0, 0.1) is 17.6 Å². The fraction of sp³-hybridized carbons (Fsp3) is 0.500. The highest BCUT2D eigenvalue weighted by Crippen LogP contribution is 2.47. The third-order valence-corrected chi connectivity index (χ3v) is 3.56. The highest BCUT2D eigenvalue weighted by molar-refractivity contribution is 5.68. The number of hydrogen-bond donors (Lipinski definition) is 1. The third-order valence-electron chi connectivity index (χ3n) is 3.56. The van der Waals surface area contributed by atoms with Gasteiger partial charge in [-0.15, -0.1) is 0 Å². The largest absolute Gasteiger partial charge is 0.494 e. The Labute approximate surface area is 115 Å². The number of carbonyl (C=O) groups is 1. The summed E-state index contributed by atoms with van der Waals surface area (Å²) >= 11 is 0. The van der Waals surface area contributed by atoms with Crippen molar-refractivity contribution in [3.8, 4) is 11.5 Å². The van der Waals surface area contributed by atoms with Crippen LogP contribution in [0.25, 0.3) is 0 Å². The molecule has 0 bridgehead atoms. The Hall–Kier alpha value is -1.85. The molecule has 4 nitrogen and oxygen atoms in total. The first-order valence-electron chi connectivity index (χ1n) is 6.31. The van der Waals surface area contributed by atoms with Crippen molar-refractivity contribution in [3.05, 3.63) is 23.3 Å². The van der Waals surface area contributed by atoms with Crippen molar-refractivity contribution in [2.45, 2.75) is 25.2 Å². The van der Waals surface area contributed by atoms with Crippen LogP contribution in [0.3, 0.4) is 0 Å². The van der Waals surface area contributed by atoms with E-state index in [1.807, 2.05) is 0 Å². The SMILES string of the molecule is COc1cc(C(CC(=O)O)C2CC2)c(F)c(OC)c1F. The molecule has 20 heavy (non-hydrogen) atoms. The molecule has 0 aliphatic heterocycles. The fourth-order valence-corrected chi connectivity index (χ4v) is 2.42. The Morgan fingerprint density at radius 1 is 1.35 bits per heavy atom. The van der Waals surface area contributed by atoms with E-state index in [4.69, 9.17) is 14.6 Å². The molecule has 1 atom stereocenters. The highest BCUT2D eigenvalue weighted by atomic mass is 19.1. The molecule has 1 aromatic rings. The summed E-state index contributed by atoms with van der Waals surface area (Å²) in [7, 11) is 2.43. The first-order valence-corrected chi connectivity index (χ1v) is 6.31. The van der Waals surface area contributed by atoms with E-state index >= 15 is 0 Å². The molecule has 0 aromatic heterocycles. The van der Waals surface area contributed by atoms with Crippen LogP contribution in [0.5, 0.6) is 11.5 Å². The average Bonchev–Trinajstić information content (AvgIpc) is 3.21. The molecule has 6 heteroatoms. The van der Waals surface area contributed by atoms with Gasteiger partial charge in [0.15, 0.2) is 17.3 Å². The lowest BCUT2D eigenvalue weighted by molar-refractivity contribution is -0.137. The molecule has 110 valence electrons. The van der Waals surface area contributed by atoms with Crippen molar-refractivity contribution in [1.29, 1.82) is 0 Å². The summed E-state index contributed by atoms with van der Waals surface area (Å²) in [4.78, 5) is 10.9. The number of carboxylic acids is 1. The molecule has 0 amide bonds. The van der Waals surface area contributed by atoms with Gasteiger partial charge in [-0.05, 0) is 30.4 Å². The van der Waals surface area contributed by atoms with Gasteiger partial charge in [-0.1, -0.05) is 0 Å². The highest BCUT2D eigenvalue weighted by Gasteiger charge is 2.37. The molecule has 0 saturated heterocycles. The van der Waals surface area contributed by atoms with Crippen LogP contribution >= 0.6 is 0 Å². The van der Waals surface area contributed by atoms with Crippen LogP contribution in [0.1, 0.15) is 30.7 Å². The molecule has 1 aromatic carbocycles. The van der Waals surface area contributed by atoms with Crippen LogP contribution in [0.15, 0.2) is 6.07 Å². The van der Waals surface area contributed by atoms with Crippen LogP contribution in [0.2, 0.25) is 0 Å². The second-order valence-corrected chi connectivity index (χ2v) is 4.87. The zero-order valence-electron chi connectivity index (χ0n) is 11.3. The number of methoxy groups -OCH3 is 2. The molecule has 1 aliphatic rings. The monoisotopic (exact) mass is 286 g/mol. The molecule has 1 unspecified atom stereocenters. The Kier molecular flexibility index (Phi) is 4.11. The van der Waals surface area contributed by atoms with Crippen LogP contribution in [-0.2, 0) is 4.79 Å².